The number of hydrogen-bond acceptors (Lipinski definition) is 4. The van der Waals surface area contributed by atoms with Crippen molar-refractivity contribution in [2.45, 2.75) is 43.6 Å². The summed E-state index contributed by atoms with van der Waals surface area (Å²) in [6.07, 6.45) is 3.99. The van der Waals surface area contributed by atoms with Crippen LogP contribution in [-0.2, 0) is 4.74 Å². The van der Waals surface area contributed by atoms with Crippen molar-refractivity contribution >= 4 is 38.8 Å². The lowest BCUT2D eigenvalue weighted by atomic mass is 9.86. The largest absolute Gasteiger partial charge is 0.450 e. The lowest BCUT2D eigenvalue weighted by molar-refractivity contribution is 0.144. The lowest BCUT2D eigenvalue weighted by Gasteiger charge is -2.28. The number of halogens is 1. The Kier molecular flexibility index (Phi) is 5.36. The quantitative estimate of drug-likeness (QED) is 0.637. The van der Waals surface area contributed by atoms with Gasteiger partial charge in [0.1, 0.15) is 4.95 Å². The van der Waals surface area contributed by atoms with E-state index in [4.69, 9.17) is 4.74 Å². The van der Waals surface area contributed by atoms with Crippen LogP contribution in [0, 0.1) is 5.92 Å². The highest BCUT2D eigenvalue weighted by Crippen LogP contribution is 2.34. The average Bonchev–Trinajstić information content (AvgIpc) is 2.77. The van der Waals surface area contributed by atoms with E-state index < -0.39 is 0 Å². The van der Waals surface area contributed by atoms with Crippen molar-refractivity contribution < 1.29 is 9.53 Å². The minimum Gasteiger partial charge on any atom is -0.450 e. The summed E-state index contributed by atoms with van der Waals surface area (Å²) in [5, 5.41) is 4.22. The second kappa shape index (κ2) is 6.80. The molecule has 1 unspecified atom stereocenters. The first kappa shape index (κ1) is 14.2. The maximum absolute atomic E-state index is 11.3. The molecule has 1 amide bonds. The fourth-order valence-electron chi connectivity index (χ4n) is 2.41. The first-order chi connectivity index (χ1) is 8.69. The number of ether oxygens (including phenoxy) is 1. The third-order valence-corrected chi connectivity index (χ3v) is 5.48. The molecular weight excluding hydrogens is 316 g/mol. The second-order valence-electron chi connectivity index (χ2n) is 4.63. The Morgan fingerprint density at radius 3 is 2.78 bits per heavy atom. The maximum Gasteiger partial charge on any atom is 0.407 e. The molecule has 1 atom stereocenters. The summed E-state index contributed by atoms with van der Waals surface area (Å²) in [5.74, 6) is 1.65. The van der Waals surface area contributed by atoms with Crippen LogP contribution in [0.2, 0.25) is 0 Å². The zero-order valence-electron chi connectivity index (χ0n) is 10.5. The number of hydrogen-bond donors (Lipinski definition) is 1. The third kappa shape index (κ3) is 3.88. The fraction of sp³-hybridized carbons (Fsp3) is 0.833. The molecule has 0 spiro atoms. The van der Waals surface area contributed by atoms with Gasteiger partial charge in [0.25, 0.3) is 0 Å². The molecule has 2 rings (SSSR count). The second-order valence-corrected chi connectivity index (χ2v) is 6.72. The number of nitrogens with zero attached hydrogens (tertiary/aromatic N) is 1. The van der Waals surface area contributed by atoms with Crippen LogP contribution in [0.1, 0.15) is 32.6 Å². The summed E-state index contributed by atoms with van der Waals surface area (Å²) in [4.78, 5) is 16.2. The van der Waals surface area contributed by atoms with Gasteiger partial charge in [0.15, 0.2) is 0 Å². The minimum absolute atomic E-state index is 0.270. The van der Waals surface area contributed by atoms with E-state index in [0.29, 0.717) is 17.5 Å². The van der Waals surface area contributed by atoms with Gasteiger partial charge in [-0.1, -0.05) is 15.9 Å². The molecule has 0 saturated heterocycles. The molecule has 6 heteroatoms. The molecule has 1 N–H and O–H groups in total. The SMILES string of the molecule is CCOC(=O)NC1CCC(C2=NC(Br)CS2)CC1. The van der Waals surface area contributed by atoms with Gasteiger partial charge < -0.3 is 10.1 Å². The van der Waals surface area contributed by atoms with Crippen LogP contribution in [0.5, 0.6) is 0 Å². The molecule has 4 nitrogen and oxygen atoms in total. The van der Waals surface area contributed by atoms with Crippen molar-refractivity contribution in [3.8, 4) is 0 Å². The molecule has 0 radical (unpaired) electrons. The maximum atomic E-state index is 11.3. The first-order valence-electron chi connectivity index (χ1n) is 6.47. The third-order valence-electron chi connectivity index (χ3n) is 3.31. The summed E-state index contributed by atoms with van der Waals surface area (Å²) in [6.45, 7) is 2.25. The number of alkyl carbamates (subject to hydrolysis) is 1. The highest BCUT2D eigenvalue weighted by Gasteiger charge is 2.29. The molecule has 0 bridgehead atoms. The number of thioether (sulfide) groups is 1. The van der Waals surface area contributed by atoms with E-state index in [-0.39, 0.29) is 12.1 Å². The summed E-state index contributed by atoms with van der Waals surface area (Å²) >= 11 is 5.40. The molecule has 102 valence electrons. The zero-order chi connectivity index (χ0) is 13.0. The van der Waals surface area contributed by atoms with Gasteiger partial charge in [-0.25, -0.2) is 4.79 Å². The normalized spacial score (nSPS) is 31.9. The Hall–Kier alpha value is -0.230. The lowest BCUT2D eigenvalue weighted by Crippen LogP contribution is -2.38. The predicted molar refractivity (Wildman–Crippen MR) is 78.5 cm³/mol. The summed E-state index contributed by atoms with van der Waals surface area (Å²) in [6, 6.07) is 0.270. The van der Waals surface area contributed by atoms with E-state index in [9.17, 15) is 4.79 Å². The fourth-order valence-corrected chi connectivity index (χ4v) is 4.22. The van der Waals surface area contributed by atoms with E-state index in [0.717, 1.165) is 31.4 Å². The van der Waals surface area contributed by atoms with Crippen molar-refractivity contribution in [2.75, 3.05) is 12.4 Å². The van der Waals surface area contributed by atoms with Crippen molar-refractivity contribution in [2.24, 2.45) is 10.9 Å². The van der Waals surface area contributed by atoms with Crippen LogP contribution in [0.15, 0.2) is 4.99 Å². The van der Waals surface area contributed by atoms with Gasteiger partial charge in [0.2, 0.25) is 0 Å². The number of nitrogens with one attached hydrogen (secondary N) is 1. The van der Waals surface area contributed by atoms with Crippen LogP contribution >= 0.6 is 27.7 Å². The molecule has 0 aromatic rings. The van der Waals surface area contributed by atoms with E-state index in [2.05, 4.69) is 26.2 Å². The Balaban J connectivity index is 1.74. The van der Waals surface area contributed by atoms with Gasteiger partial charge in [-0.15, -0.1) is 11.8 Å². The Labute approximate surface area is 120 Å². The van der Waals surface area contributed by atoms with E-state index in [1.54, 1.807) is 0 Å². The number of alkyl halides is 1. The van der Waals surface area contributed by atoms with Crippen LogP contribution in [-0.4, -0.2) is 34.5 Å². The molecule has 18 heavy (non-hydrogen) atoms. The molecule has 1 aliphatic carbocycles. The smallest absolute Gasteiger partial charge is 0.407 e. The molecule has 1 aliphatic heterocycles. The van der Waals surface area contributed by atoms with Crippen molar-refractivity contribution in [3.05, 3.63) is 0 Å². The first-order valence-corrected chi connectivity index (χ1v) is 8.37. The molecule has 0 aromatic heterocycles. The summed E-state index contributed by atoms with van der Waals surface area (Å²) in [7, 11) is 0. The Morgan fingerprint density at radius 1 is 1.50 bits per heavy atom. The summed E-state index contributed by atoms with van der Waals surface area (Å²) in [5.41, 5.74) is 0. The van der Waals surface area contributed by atoms with Crippen LogP contribution in [0.25, 0.3) is 0 Å². The Bertz CT molecular complexity index is 330. The molecule has 2 aliphatic rings. The highest BCUT2D eigenvalue weighted by atomic mass is 79.9. The molecule has 0 aromatic carbocycles. The van der Waals surface area contributed by atoms with Crippen LogP contribution in [0.3, 0.4) is 0 Å². The number of aliphatic imine (C=N–C) groups is 1. The van der Waals surface area contributed by atoms with E-state index >= 15 is 0 Å². The summed E-state index contributed by atoms with van der Waals surface area (Å²) < 4.78 is 4.90. The van der Waals surface area contributed by atoms with Gasteiger partial charge in [0.05, 0.1) is 11.7 Å². The highest BCUT2D eigenvalue weighted by molar-refractivity contribution is 9.09. The van der Waals surface area contributed by atoms with E-state index in [1.807, 2.05) is 18.7 Å². The van der Waals surface area contributed by atoms with E-state index in [1.165, 1.54) is 5.04 Å². The van der Waals surface area contributed by atoms with Gasteiger partial charge in [-0.05, 0) is 32.6 Å². The zero-order valence-corrected chi connectivity index (χ0v) is 12.9. The standard InChI is InChI=1S/C12H19BrN2O2S/c1-2-17-12(16)14-9-5-3-8(4-6-9)11-15-10(13)7-18-11/h8-10H,2-7H2,1H3,(H,14,16). The van der Waals surface area contributed by atoms with Crippen molar-refractivity contribution in [3.63, 3.8) is 0 Å². The predicted octanol–water partition coefficient (Wildman–Crippen LogP) is 3.16. The number of rotatable bonds is 3. The van der Waals surface area contributed by atoms with Crippen molar-refractivity contribution in [1.82, 2.24) is 5.32 Å². The van der Waals surface area contributed by atoms with Gasteiger partial charge in [-0.3, -0.25) is 4.99 Å². The topological polar surface area (TPSA) is 50.7 Å². The molecule has 1 saturated carbocycles. The van der Waals surface area contributed by atoms with Gasteiger partial charge in [-0.2, -0.15) is 0 Å². The monoisotopic (exact) mass is 334 g/mol. The van der Waals surface area contributed by atoms with Gasteiger partial charge in [0, 0.05) is 17.7 Å². The minimum atomic E-state index is -0.283. The van der Waals surface area contributed by atoms with Gasteiger partial charge >= 0.3 is 6.09 Å². The average molecular weight is 335 g/mol. The Morgan fingerprint density at radius 2 is 2.22 bits per heavy atom. The molecule has 1 heterocycles. The van der Waals surface area contributed by atoms with Crippen LogP contribution in [0.4, 0.5) is 4.79 Å². The van der Waals surface area contributed by atoms with Crippen LogP contribution < -0.4 is 5.32 Å². The van der Waals surface area contributed by atoms with Crippen molar-refractivity contribution in [1.29, 1.82) is 0 Å². The number of carbonyl (C=O) groups is 1. The molecule has 1 fully saturated rings. The number of carbonyl (C=O) groups excluding carboxylic acids is 1. The molecular formula is C12H19BrN2O2S. The number of amides is 1.